The number of ether oxygens (including phenoxy) is 1. The van der Waals surface area contributed by atoms with Crippen LogP contribution >= 0.6 is 0 Å². The predicted octanol–water partition coefficient (Wildman–Crippen LogP) is 1.62. The molecule has 2 rings (SSSR count). The molecule has 2 N–H and O–H groups in total. The fraction of sp³-hybridized carbons (Fsp3) is 0.500. The van der Waals surface area contributed by atoms with E-state index in [-0.39, 0.29) is 0 Å². The number of nitrogens with two attached hydrogens (primary N) is 1. The molecule has 0 unspecified atom stereocenters. The van der Waals surface area contributed by atoms with Gasteiger partial charge in [0.25, 0.3) is 0 Å². The molecule has 0 aromatic heterocycles. The van der Waals surface area contributed by atoms with Crippen molar-refractivity contribution >= 4 is 5.69 Å². The lowest BCUT2D eigenvalue weighted by molar-refractivity contribution is 0.172. The second-order valence-corrected chi connectivity index (χ2v) is 4.09. The molecule has 0 aliphatic carbocycles. The summed E-state index contributed by atoms with van der Waals surface area (Å²) in [7, 11) is 1.75. The van der Waals surface area contributed by atoms with Crippen LogP contribution in [-0.4, -0.2) is 25.2 Å². The van der Waals surface area contributed by atoms with Crippen molar-refractivity contribution in [2.45, 2.75) is 19.5 Å². The van der Waals surface area contributed by atoms with Gasteiger partial charge in [-0.3, -0.25) is 4.90 Å². The number of nitrogens with zero attached hydrogens (tertiary/aromatic N) is 1. The van der Waals surface area contributed by atoms with Crippen LogP contribution in [0.15, 0.2) is 18.2 Å². The maximum atomic E-state index is 5.76. The molecule has 0 saturated carbocycles. The summed E-state index contributed by atoms with van der Waals surface area (Å²) in [5.74, 6) is 0. The van der Waals surface area contributed by atoms with Crippen molar-refractivity contribution in [2.75, 3.05) is 26.0 Å². The van der Waals surface area contributed by atoms with E-state index in [1.807, 2.05) is 6.07 Å². The minimum atomic E-state index is 0.842. The molecule has 1 heterocycles. The van der Waals surface area contributed by atoms with Crippen molar-refractivity contribution in [3.05, 3.63) is 29.3 Å². The fourth-order valence-electron chi connectivity index (χ4n) is 2.08. The number of benzene rings is 1. The summed E-state index contributed by atoms with van der Waals surface area (Å²) in [4.78, 5) is 2.43. The van der Waals surface area contributed by atoms with E-state index in [4.69, 9.17) is 10.5 Å². The van der Waals surface area contributed by atoms with Crippen molar-refractivity contribution in [1.82, 2.24) is 4.90 Å². The Morgan fingerprint density at radius 2 is 2.13 bits per heavy atom. The highest BCUT2D eigenvalue weighted by Crippen LogP contribution is 2.24. The Balaban J connectivity index is 1.91. The topological polar surface area (TPSA) is 38.5 Å². The third kappa shape index (κ3) is 2.49. The predicted molar refractivity (Wildman–Crippen MR) is 61.5 cm³/mol. The van der Waals surface area contributed by atoms with E-state index in [0.717, 1.165) is 38.3 Å². The van der Waals surface area contributed by atoms with Crippen LogP contribution in [-0.2, 0) is 17.8 Å². The summed E-state index contributed by atoms with van der Waals surface area (Å²) < 4.78 is 5.05. The van der Waals surface area contributed by atoms with E-state index in [1.54, 1.807) is 7.11 Å². The Bertz CT molecular complexity index is 338. The molecule has 0 amide bonds. The summed E-state index contributed by atoms with van der Waals surface area (Å²) in [6.07, 6.45) is 1.10. The van der Waals surface area contributed by atoms with Gasteiger partial charge in [0.1, 0.15) is 0 Å². The van der Waals surface area contributed by atoms with Crippen LogP contribution in [0.2, 0.25) is 0 Å². The lowest BCUT2D eigenvalue weighted by Crippen LogP contribution is -2.18. The lowest BCUT2D eigenvalue weighted by atomic mass is 10.1. The van der Waals surface area contributed by atoms with Gasteiger partial charge in [0, 0.05) is 39.0 Å². The average molecular weight is 206 g/mol. The summed E-state index contributed by atoms with van der Waals surface area (Å²) in [6.45, 7) is 4.03. The monoisotopic (exact) mass is 206 g/mol. The summed E-state index contributed by atoms with van der Waals surface area (Å²) >= 11 is 0. The molecule has 1 aromatic carbocycles. The van der Waals surface area contributed by atoms with Crippen molar-refractivity contribution in [2.24, 2.45) is 0 Å². The molecule has 0 fully saturated rings. The highest BCUT2D eigenvalue weighted by Gasteiger charge is 2.17. The van der Waals surface area contributed by atoms with Crippen LogP contribution in [0.5, 0.6) is 0 Å². The third-order valence-corrected chi connectivity index (χ3v) is 2.84. The largest absolute Gasteiger partial charge is 0.399 e. The van der Waals surface area contributed by atoms with Crippen molar-refractivity contribution in [1.29, 1.82) is 0 Å². The fourth-order valence-corrected chi connectivity index (χ4v) is 2.08. The van der Waals surface area contributed by atoms with Crippen molar-refractivity contribution in [3.8, 4) is 0 Å². The Morgan fingerprint density at radius 3 is 2.93 bits per heavy atom. The highest BCUT2D eigenvalue weighted by atomic mass is 16.5. The first kappa shape index (κ1) is 10.5. The number of nitrogen functional groups attached to an aromatic ring is 1. The minimum absolute atomic E-state index is 0.842. The quantitative estimate of drug-likeness (QED) is 0.601. The highest BCUT2D eigenvalue weighted by molar-refractivity contribution is 5.46. The molecule has 3 heteroatoms. The first-order valence-electron chi connectivity index (χ1n) is 5.38. The van der Waals surface area contributed by atoms with Gasteiger partial charge in [-0.25, -0.2) is 0 Å². The van der Waals surface area contributed by atoms with E-state index >= 15 is 0 Å². The van der Waals surface area contributed by atoms with Crippen LogP contribution in [0, 0.1) is 0 Å². The Hall–Kier alpha value is -1.06. The average Bonchev–Trinajstić information content (AvgIpc) is 2.60. The molecule has 0 saturated heterocycles. The smallest absolute Gasteiger partial charge is 0.0474 e. The van der Waals surface area contributed by atoms with E-state index in [1.165, 1.54) is 11.1 Å². The van der Waals surface area contributed by atoms with Gasteiger partial charge in [0.05, 0.1) is 0 Å². The van der Waals surface area contributed by atoms with Crippen LogP contribution in [0.3, 0.4) is 0 Å². The number of methoxy groups -OCH3 is 1. The first-order valence-corrected chi connectivity index (χ1v) is 5.38. The van der Waals surface area contributed by atoms with Gasteiger partial charge in [0.15, 0.2) is 0 Å². The second-order valence-electron chi connectivity index (χ2n) is 4.09. The van der Waals surface area contributed by atoms with Gasteiger partial charge in [-0.05, 0) is 29.7 Å². The molecular formula is C12H18N2O. The molecule has 0 bridgehead atoms. The summed E-state index contributed by atoms with van der Waals surface area (Å²) in [5.41, 5.74) is 9.43. The Morgan fingerprint density at radius 1 is 1.33 bits per heavy atom. The summed E-state index contributed by atoms with van der Waals surface area (Å²) in [6, 6.07) is 6.21. The maximum Gasteiger partial charge on any atom is 0.0474 e. The molecule has 82 valence electrons. The standard InChI is InChI=1S/C12H18N2O/c1-15-6-2-5-14-8-10-3-4-12(13)7-11(10)9-14/h3-4,7H,2,5-6,8-9,13H2,1H3. The SMILES string of the molecule is COCCCN1Cc2ccc(N)cc2C1. The first-order chi connectivity index (χ1) is 7.29. The zero-order chi connectivity index (χ0) is 10.7. The Labute approximate surface area is 90.8 Å². The van der Waals surface area contributed by atoms with Crippen LogP contribution < -0.4 is 5.73 Å². The third-order valence-electron chi connectivity index (χ3n) is 2.84. The van der Waals surface area contributed by atoms with Gasteiger partial charge < -0.3 is 10.5 Å². The minimum Gasteiger partial charge on any atom is -0.399 e. The number of anilines is 1. The van der Waals surface area contributed by atoms with E-state index in [2.05, 4.69) is 17.0 Å². The lowest BCUT2D eigenvalue weighted by Gasteiger charge is -2.13. The van der Waals surface area contributed by atoms with Crippen LogP contribution in [0.4, 0.5) is 5.69 Å². The van der Waals surface area contributed by atoms with E-state index in [0.29, 0.717) is 0 Å². The van der Waals surface area contributed by atoms with Gasteiger partial charge in [-0.1, -0.05) is 6.07 Å². The molecule has 0 radical (unpaired) electrons. The molecular weight excluding hydrogens is 188 g/mol. The molecule has 1 aromatic rings. The molecule has 1 aliphatic rings. The van der Waals surface area contributed by atoms with Crippen LogP contribution in [0.25, 0.3) is 0 Å². The van der Waals surface area contributed by atoms with Crippen LogP contribution in [0.1, 0.15) is 17.5 Å². The van der Waals surface area contributed by atoms with E-state index < -0.39 is 0 Å². The van der Waals surface area contributed by atoms with Gasteiger partial charge >= 0.3 is 0 Å². The van der Waals surface area contributed by atoms with Gasteiger partial charge in [0.2, 0.25) is 0 Å². The van der Waals surface area contributed by atoms with Gasteiger partial charge in [-0.15, -0.1) is 0 Å². The Kier molecular flexibility index (Phi) is 3.23. The second kappa shape index (κ2) is 4.64. The van der Waals surface area contributed by atoms with Gasteiger partial charge in [-0.2, -0.15) is 0 Å². The number of hydrogen-bond acceptors (Lipinski definition) is 3. The molecule has 3 nitrogen and oxygen atoms in total. The zero-order valence-corrected chi connectivity index (χ0v) is 9.20. The molecule has 1 aliphatic heterocycles. The van der Waals surface area contributed by atoms with Crippen molar-refractivity contribution < 1.29 is 4.74 Å². The maximum absolute atomic E-state index is 5.76. The molecule has 0 spiro atoms. The zero-order valence-electron chi connectivity index (χ0n) is 9.20. The number of hydrogen-bond donors (Lipinski definition) is 1. The van der Waals surface area contributed by atoms with Crippen molar-refractivity contribution in [3.63, 3.8) is 0 Å². The molecule has 15 heavy (non-hydrogen) atoms. The number of fused-ring (bicyclic) bond motifs is 1. The molecule has 0 atom stereocenters. The number of rotatable bonds is 4. The normalized spacial score (nSPS) is 15.5. The summed E-state index contributed by atoms with van der Waals surface area (Å²) in [5, 5.41) is 0. The van der Waals surface area contributed by atoms with E-state index in [9.17, 15) is 0 Å².